The average molecular weight is 246 g/mol. The third kappa shape index (κ3) is 2.93. The van der Waals surface area contributed by atoms with E-state index in [4.69, 9.17) is 5.73 Å². The smallest absolute Gasteiger partial charge is 0.0335 e. The van der Waals surface area contributed by atoms with Gasteiger partial charge in [-0.1, -0.05) is 50.1 Å². The van der Waals surface area contributed by atoms with Gasteiger partial charge in [0.1, 0.15) is 0 Å². The second-order valence-electron chi connectivity index (χ2n) is 5.54. The molecule has 0 unspecified atom stereocenters. The summed E-state index contributed by atoms with van der Waals surface area (Å²) in [6.45, 7) is 5.27. The first kappa shape index (κ1) is 13.6. The highest BCUT2D eigenvalue weighted by molar-refractivity contribution is 5.15. The van der Waals surface area contributed by atoms with Gasteiger partial charge in [0, 0.05) is 18.6 Å². The minimum Gasteiger partial charge on any atom is -0.329 e. The van der Waals surface area contributed by atoms with Crippen LogP contribution in [-0.4, -0.2) is 23.5 Å². The molecule has 0 bridgehead atoms. The molecular weight excluding hydrogens is 220 g/mol. The SMILES string of the molecule is CCCN(Cc1ccccc1)C1(CN)CCCC1. The third-order valence-corrected chi connectivity index (χ3v) is 4.29. The van der Waals surface area contributed by atoms with E-state index in [2.05, 4.69) is 42.2 Å². The summed E-state index contributed by atoms with van der Waals surface area (Å²) < 4.78 is 0. The Labute approximate surface area is 111 Å². The van der Waals surface area contributed by atoms with Crippen molar-refractivity contribution in [1.29, 1.82) is 0 Å². The van der Waals surface area contributed by atoms with Crippen LogP contribution in [0.15, 0.2) is 30.3 Å². The molecule has 0 aliphatic heterocycles. The average Bonchev–Trinajstić information content (AvgIpc) is 2.89. The summed E-state index contributed by atoms with van der Waals surface area (Å²) in [5.74, 6) is 0. The Morgan fingerprint density at radius 2 is 1.83 bits per heavy atom. The van der Waals surface area contributed by atoms with Gasteiger partial charge in [-0.05, 0) is 31.4 Å². The van der Waals surface area contributed by atoms with Crippen LogP contribution in [0.2, 0.25) is 0 Å². The minimum absolute atomic E-state index is 0.270. The molecule has 2 N–H and O–H groups in total. The van der Waals surface area contributed by atoms with Crippen molar-refractivity contribution in [3.8, 4) is 0 Å². The van der Waals surface area contributed by atoms with E-state index < -0.39 is 0 Å². The van der Waals surface area contributed by atoms with Crippen LogP contribution in [0.1, 0.15) is 44.6 Å². The second kappa shape index (κ2) is 6.35. The maximum absolute atomic E-state index is 6.11. The first-order valence-electron chi connectivity index (χ1n) is 7.30. The molecule has 0 amide bonds. The number of rotatable bonds is 6. The van der Waals surface area contributed by atoms with E-state index in [0.717, 1.165) is 19.6 Å². The molecule has 100 valence electrons. The molecule has 18 heavy (non-hydrogen) atoms. The van der Waals surface area contributed by atoms with Crippen molar-refractivity contribution in [2.24, 2.45) is 5.73 Å². The van der Waals surface area contributed by atoms with Gasteiger partial charge in [0.2, 0.25) is 0 Å². The number of nitrogens with zero attached hydrogens (tertiary/aromatic N) is 1. The van der Waals surface area contributed by atoms with Crippen LogP contribution in [0, 0.1) is 0 Å². The van der Waals surface area contributed by atoms with E-state index in [9.17, 15) is 0 Å². The van der Waals surface area contributed by atoms with Crippen LogP contribution >= 0.6 is 0 Å². The third-order valence-electron chi connectivity index (χ3n) is 4.29. The lowest BCUT2D eigenvalue weighted by Crippen LogP contribution is -2.51. The molecule has 2 nitrogen and oxygen atoms in total. The van der Waals surface area contributed by atoms with E-state index in [0.29, 0.717) is 0 Å². The molecule has 0 heterocycles. The van der Waals surface area contributed by atoms with Crippen molar-refractivity contribution in [3.05, 3.63) is 35.9 Å². The summed E-state index contributed by atoms with van der Waals surface area (Å²) in [7, 11) is 0. The zero-order valence-electron chi connectivity index (χ0n) is 11.6. The lowest BCUT2D eigenvalue weighted by molar-refractivity contribution is 0.0904. The predicted molar refractivity (Wildman–Crippen MR) is 77.4 cm³/mol. The largest absolute Gasteiger partial charge is 0.329 e. The zero-order valence-corrected chi connectivity index (χ0v) is 11.6. The molecule has 0 aromatic heterocycles. The van der Waals surface area contributed by atoms with E-state index in [-0.39, 0.29) is 5.54 Å². The molecule has 0 radical (unpaired) electrons. The molecule has 1 saturated carbocycles. The molecule has 0 saturated heterocycles. The Morgan fingerprint density at radius 3 is 2.39 bits per heavy atom. The maximum atomic E-state index is 6.11. The van der Waals surface area contributed by atoms with Gasteiger partial charge in [0.15, 0.2) is 0 Å². The van der Waals surface area contributed by atoms with Crippen molar-refractivity contribution in [2.75, 3.05) is 13.1 Å². The Hall–Kier alpha value is -0.860. The molecule has 0 spiro atoms. The fraction of sp³-hybridized carbons (Fsp3) is 0.625. The van der Waals surface area contributed by atoms with E-state index in [1.165, 1.54) is 37.7 Å². The Balaban J connectivity index is 2.12. The highest BCUT2D eigenvalue weighted by Crippen LogP contribution is 2.35. The number of hydrogen-bond acceptors (Lipinski definition) is 2. The molecule has 1 fully saturated rings. The summed E-state index contributed by atoms with van der Waals surface area (Å²) in [6.07, 6.45) is 6.43. The monoisotopic (exact) mass is 246 g/mol. The zero-order chi connectivity index (χ0) is 12.8. The van der Waals surface area contributed by atoms with Crippen molar-refractivity contribution in [3.63, 3.8) is 0 Å². The topological polar surface area (TPSA) is 29.3 Å². The van der Waals surface area contributed by atoms with Gasteiger partial charge in [0.25, 0.3) is 0 Å². The lowest BCUT2D eigenvalue weighted by Gasteiger charge is -2.41. The van der Waals surface area contributed by atoms with Crippen LogP contribution < -0.4 is 5.73 Å². The molecule has 2 heteroatoms. The first-order valence-corrected chi connectivity index (χ1v) is 7.30. The summed E-state index contributed by atoms with van der Waals surface area (Å²) in [5, 5.41) is 0. The summed E-state index contributed by atoms with van der Waals surface area (Å²) in [6, 6.07) is 10.8. The van der Waals surface area contributed by atoms with Gasteiger partial charge in [-0.3, -0.25) is 4.90 Å². The highest BCUT2D eigenvalue weighted by atomic mass is 15.2. The Bertz CT molecular complexity index is 341. The number of hydrogen-bond donors (Lipinski definition) is 1. The second-order valence-corrected chi connectivity index (χ2v) is 5.54. The summed E-state index contributed by atoms with van der Waals surface area (Å²) >= 11 is 0. The highest BCUT2D eigenvalue weighted by Gasteiger charge is 2.37. The summed E-state index contributed by atoms with van der Waals surface area (Å²) in [5.41, 5.74) is 7.79. The molecule has 1 aliphatic carbocycles. The fourth-order valence-corrected chi connectivity index (χ4v) is 3.24. The van der Waals surface area contributed by atoms with Crippen molar-refractivity contribution >= 4 is 0 Å². The van der Waals surface area contributed by atoms with Gasteiger partial charge in [-0.15, -0.1) is 0 Å². The Morgan fingerprint density at radius 1 is 1.17 bits per heavy atom. The fourth-order valence-electron chi connectivity index (χ4n) is 3.24. The molecule has 1 aliphatic rings. The molecule has 1 aromatic rings. The van der Waals surface area contributed by atoms with Gasteiger partial charge < -0.3 is 5.73 Å². The van der Waals surface area contributed by atoms with Gasteiger partial charge >= 0.3 is 0 Å². The van der Waals surface area contributed by atoms with Crippen LogP contribution in [0.25, 0.3) is 0 Å². The van der Waals surface area contributed by atoms with Crippen molar-refractivity contribution in [2.45, 2.75) is 51.1 Å². The predicted octanol–water partition coefficient (Wildman–Crippen LogP) is 3.17. The van der Waals surface area contributed by atoms with E-state index >= 15 is 0 Å². The normalized spacial score (nSPS) is 18.4. The van der Waals surface area contributed by atoms with E-state index in [1.54, 1.807) is 0 Å². The quantitative estimate of drug-likeness (QED) is 0.835. The van der Waals surface area contributed by atoms with Gasteiger partial charge in [-0.2, -0.15) is 0 Å². The van der Waals surface area contributed by atoms with Gasteiger partial charge in [-0.25, -0.2) is 0 Å². The van der Waals surface area contributed by atoms with Crippen LogP contribution in [-0.2, 0) is 6.54 Å². The van der Waals surface area contributed by atoms with Gasteiger partial charge in [0.05, 0.1) is 0 Å². The molecule has 2 rings (SSSR count). The summed E-state index contributed by atoms with van der Waals surface area (Å²) in [4.78, 5) is 2.63. The maximum Gasteiger partial charge on any atom is 0.0335 e. The first-order chi connectivity index (χ1) is 8.80. The molecule has 0 atom stereocenters. The lowest BCUT2D eigenvalue weighted by atomic mass is 9.94. The molecular formula is C16H26N2. The number of nitrogens with two attached hydrogens (primary N) is 1. The number of benzene rings is 1. The minimum atomic E-state index is 0.270. The van der Waals surface area contributed by atoms with E-state index in [1.807, 2.05) is 0 Å². The van der Waals surface area contributed by atoms with Crippen LogP contribution in [0.4, 0.5) is 0 Å². The van der Waals surface area contributed by atoms with Crippen LogP contribution in [0.3, 0.4) is 0 Å². The van der Waals surface area contributed by atoms with Crippen molar-refractivity contribution in [1.82, 2.24) is 4.90 Å². The van der Waals surface area contributed by atoms with Crippen LogP contribution in [0.5, 0.6) is 0 Å². The van der Waals surface area contributed by atoms with Crippen molar-refractivity contribution < 1.29 is 0 Å². The standard InChI is InChI=1S/C16H26N2/c1-2-12-18(13-15-8-4-3-5-9-15)16(14-17)10-6-7-11-16/h3-5,8-9H,2,6-7,10-14,17H2,1H3. The molecule has 1 aromatic carbocycles. The Kier molecular flexibility index (Phi) is 4.79.